The average molecular weight is 462 g/mol. The Morgan fingerprint density at radius 2 is 1.65 bits per heavy atom. The van der Waals surface area contributed by atoms with E-state index in [9.17, 15) is 13.6 Å². The van der Waals surface area contributed by atoms with Gasteiger partial charge in [0, 0.05) is 43.9 Å². The van der Waals surface area contributed by atoms with Crippen LogP contribution in [0.25, 0.3) is 11.3 Å². The maximum atomic E-state index is 13.8. The van der Waals surface area contributed by atoms with Crippen LogP contribution in [0.4, 0.5) is 14.6 Å². The third-order valence-electron chi connectivity index (χ3n) is 7.44. The summed E-state index contributed by atoms with van der Waals surface area (Å²) >= 11 is 0. The second-order valence-corrected chi connectivity index (χ2v) is 9.44. The molecule has 0 saturated carbocycles. The lowest BCUT2D eigenvalue weighted by atomic mass is 9.77. The van der Waals surface area contributed by atoms with Gasteiger partial charge in [-0.15, -0.1) is 0 Å². The van der Waals surface area contributed by atoms with Crippen LogP contribution in [0.5, 0.6) is 0 Å². The van der Waals surface area contributed by atoms with E-state index in [0.717, 1.165) is 36.2 Å². The zero-order chi connectivity index (χ0) is 23.3. The van der Waals surface area contributed by atoms with Crippen molar-refractivity contribution in [2.45, 2.75) is 25.3 Å². The molecule has 8 heteroatoms. The molecule has 0 radical (unpaired) electrons. The Labute approximate surface area is 196 Å². The van der Waals surface area contributed by atoms with Crippen molar-refractivity contribution in [1.29, 1.82) is 0 Å². The molecule has 4 heterocycles. The first-order chi connectivity index (χ1) is 16.5. The number of fused-ring (bicyclic) bond motifs is 1. The number of amides is 1. The molecular formula is C26H25F2N5O. The molecule has 3 aliphatic heterocycles. The largest absolute Gasteiger partial charge is 0.356 e. The minimum absolute atomic E-state index is 0.0759. The van der Waals surface area contributed by atoms with Crippen LogP contribution in [0.1, 0.15) is 30.9 Å². The fourth-order valence-electron chi connectivity index (χ4n) is 5.68. The summed E-state index contributed by atoms with van der Waals surface area (Å²) in [6.07, 6.45) is 3.70. The van der Waals surface area contributed by atoms with Crippen molar-refractivity contribution in [3.63, 3.8) is 0 Å². The highest BCUT2D eigenvalue weighted by molar-refractivity contribution is 5.85. The van der Waals surface area contributed by atoms with E-state index in [-0.39, 0.29) is 11.9 Å². The molecular weight excluding hydrogens is 436 g/mol. The minimum Gasteiger partial charge on any atom is -0.356 e. The van der Waals surface area contributed by atoms with E-state index in [1.165, 1.54) is 12.1 Å². The molecule has 6 rings (SSSR count). The Hall–Kier alpha value is -3.39. The van der Waals surface area contributed by atoms with Gasteiger partial charge in [0.1, 0.15) is 23.8 Å². The van der Waals surface area contributed by atoms with Crippen molar-refractivity contribution in [3.05, 3.63) is 78.1 Å². The summed E-state index contributed by atoms with van der Waals surface area (Å²) in [5, 5.41) is 3.84. The molecule has 6 nitrogen and oxygen atoms in total. The van der Waals surface area contributed by atoms with Crippen molar-refractivity contribution >= 4 is 11.7 Å². The Morgan fingerprint density at radius 1 is 0.912 bits per heavy atom. The minimum atomic E-state index is -0.608. The predicted octanol–water partition coefficient (Wildman–Crippen LogP) is 4.21. The standard InChI is InChI=1S/C26H25F2N5O/c27-20-12-19(13-21(28)14-20)23-6-9-32-16-26(25(34)33(23)32)7-10-31(11-8-26)24-15-22(29-17-30-24)18-4-2-1-3-5-18/h1-5,12-15,17,23H,6-11,16H2/t23-/m0/s1. The monoisotopic (exact) mass is 461 g/mol. The van der Waals surface area contributed by atoms with E-state index in [1.807, 2.05) is 36.4 Å². The molecule has 1 amide bonds. The quantitative estimate of drug-likeness (QED) is 0.585. The van der Waals surface area contributed by atoms with Crippen LogP contribution < -0.4 is 4.90 Å². The summed E-state index contributed by atoms with van der Waals surface area (Å²) in [5.41, 5.74) is 1.98. The predicted molar refractivity (Wildman–Crippen MR) is 123 cm³/mol. The van der Waals surface area contributed by atoms with E-state index >= 15 is 0 Å². The Morgan fingerprint density at radius 3 is 2.38 bits per heavy atom. The summed E-state index contributed by atoms with van der Waals surface area (Å²) in [4.78, 5) is 24.8. The van der Waals surface area contributed by atoms with Crippen LogP contribution in [-0.2, 0) is 4.79 Å². The van der Waals surface area contributed by atoms with Crippen molar-refractivity contribution < 1.29 is 13.6 Å². The van der Waals surface area contributed by atoms with Crippen LogP contribution in [0, 0.1) is 17.0 Å². The first-order valence-electron chi connectivity index (χ1n) is 11.7. The zero-order valence-corrected chi connectivity index (χ0v) is 18.7. The number of aromatic nitrogens is 2. The van der Waals surface area contributed by atoms with Crippen molar-refractivity contribution in [2.24, 2.45) is 5.41 Å². The van der Waals surface area contributed by atoms with E-state index < -0.39 is 17.0 Å². The van der Waals surface area contributed by atoms with Crippen LogP contribution in [0.2, 0.25) is 0 Å². The molecule has 174 valence electrons. The van der Waals surface area contributed by atoms with Gasteiger partial charge in [-0.3, -0.25) is 9.80 Å². The molecule has 3 aromatic rings. The van der Waals surface area contributed by atoms with E-state index in [2.05, 4.69) is 19.9 Å². The summed E-state index contributed by atoms with van der Waals surface area (Å²) < 4.78 is 27.7. The summed E-state index contributed by atoms with van der Waals surface area (Å²) in [7, 11) is 0. The van der Waals surface area contributed by atoms with Gasteiger partial charge in [0.15, 0.2) is 0 Å². The number of piperidine rings is 1. The third kappa shape index (κ3) is 3.53. The van der Waals surface area contributed by atoms with Gasteiger partial charge in [0.05, 0.1) is 17.2 Å². The normalized spacial score (nSPS) is 21.9. The Kier molecular flexibility index (Phi) is 5.06. The number of rotatable bonds is 3. The van der Waals surface area contributed by atoms with Gasteiger partial charge in [-0.2, -0.15) is 0 Å². The summed E-state index contributed by atoms with van der Waals surface area (Å²) in [6, 6.07) is 15.2. The molecule has 0 bridgehead atoms. The van der Waals surface area contributed by atoms with E-state index in [4.69, 9.17) is 0 Å². The van der Waals surface area contributed by atoms with Gasteiger partial charge in [-0.05, 0) is 37.0 Å². The maximum Gasteiger partial charge on any atom is 0.245 e. The lowest BCUT2D eigenvalue weighted by Gasteiger charge is -2.38. The molecule has 1 spiro atoms. The van der Waals surface area contributed by atoms with E-state index in [0.29, 0.717) is 37.9 Å². The number of nitrogens with zero attached hydrogens (tertiary/aromatic N) is 5. The first kappa shape index (κ1) is 21.2. The number of hydrogen-bond donors (Lipinski definition) is 0. The molecule has 0 unspecified atom stereocenters. The number of benzene rings is 2. The molecule has 3 fully saturated rings. The van der Waals surface area contributed by atoms with Gasteiger partial charge in [-0.25, -0.2) is 23.8 Å². The van der Waals surface area contributed by atoms with E-state index in [1.54, 1.807) is 11.3 Å². The van der Waals surface area contributed by atoms with Crippen LogP contribution in [0.15, 0.2) is 60.9 Å². The molecule has 0 N–H and O–H groups in total. The number of anilines is 1. The summed E-state index contributed by atoms with van der Waals surface area (Å²) in [5.74, 6) is -0.277. The van der Waals surface area contributed by atoms with Gasteiger partial charge in [0.25, 0.3) is 0 Å². The topological polar surface area (TPSA) is 52.6 Å². The fourth-order valence-corrected chi connectivity index (χ4v) is 5.68. The van der Waals surface area contributed by atoms with Crippen molar-refractivity contribution in [3.8, 4) is 11.3 Å². The van der Waals surface area contributed by atoms with Gasteiger partial charge in [0.2, 0.25) is 5.91 Å². The number of carbonyl (C=O) groups excluding carboxylic acids is 1. The average Bonchev–Trinajstić information content (AvgIpc) is 3.37. The van der Waals surface area contributed by atoms with Crippen LogP contribution >= 0.6 is 0 Å². The number of hydrogen-bond acceptors (Lipinski definition) is 5. The van der Waals surface area contributed by atoms with Gasteiger partial charge < -0.3 is 4.90 Å². The second kappa shape index (κ2) is 8.13. The SMILES string of the molecule is O=C1N2[C@H](c3cc(F)cc(F)c3)CCN2CC12CCN(c1cc(-c3ccccc3)ncn1)CC2. The second-order valence-electron chi connectivity index (χ2n) is 9.44. The maximum absolute atomic E-state index is 13.8. The third-order valence-corrected chi connectivity index (χ3v) is 7.44. The molecule has 3 saturated heterocycles. The highest BCUT2D eigenvalue weighted by Gasteiger charge is 2.56. The molecule has 0 aliphatic carbocycles. The summed E-state index contributed by atoms with van der Waals surface area (Å²) in [6.45, 7) is 2.81. The van der Waals surface area contributed by atoms with Gasteiger partial charge >= 0.3 is 0 Å². The molecule has 34 heavy (non-hydrogen) atoms. The van der Waals surface area contributed by atoms with Crippen molar-refractivity contribution in [2.75, 3.05) is 31.1 Å². The highest BCUT2D eigenvalue weighted by atomic mass is 19.1. The fraction of sp³-hybridized carbons (Fsp3) is 0.346. The van der Waals surface area contributed by atoms with Crippen LogP contribution in [0.3, 0.4) is 0 Å². The smallest absolute Gasteiger partial charge is 0.245 e. The zero-order valence-electron chi connectivity index (χ0n) is 18.7. The molecule has 1 aromatic heterocycles. The Bertz CT molecular complexity index is 1210. The number of carbonyl (C=O) groups is 1. The lowest BCUT2D eigenvalue weighted by molar-refractivity contribution is -0.143. The Balaban J connectivity index is 1.19. The number of halogens is 2. The molecule has 2 aromatic carbocycles. The number of hydrazine groups is 1. The van der Waals surface area contributed by atoms with Gasteiger partial charge in [-0.1, -0.05) is 30.3 Å². The lowest BCUT2D eigenvalue weighted by Crippen LogP contribution is -2.46. The highest BCUT2D eigenvalue weighted by Crippen LogP contribution is 2.47. The first-order valence-corrected chi connectivity index (χ1v) is 11.7. The van der Waals surface area contributed by atoms with Crippen molar-refractivity contribution in [1.82, 2.24) is 20.0 Å². The molecule has 1 atom stereocenters. The molecule has 3 aliphatic rings. The van der Waals surface area contributed by atoms with Crippen LogP contribution in [-0.4, -0.2) is 52.1 Å².